The number of anilines is 1. The van der Waals surface area contributed by atoms with Crippen molar-refractivity contribution in [2.45, 2.75) is 26.3 Å². The van der Waals surface area contributed by atoms with Gasteiger partial charge in [-0.25, -0.2) is 0 Å². The number of piperidine rings is 1. The van der Waals surface area contributed by atoms with Crippen molar-refractivity contribution in [3.8, 4) is 0 Å². The van der Waals surface area contributed by atoms with Crippen LogP contribution < -0.4 is 16.0 Å². The Morgan fingerprint density at radius 3 is 3.05 bits per heavy atom. The summed E-state index contributed by atoms with van der Waals surface area (Å²) in [6.45, 7) is 4.33. The zero-order chi connectivity index (χ0) is 14.4. The van der Waals surface area contributed by atoms with E-state index >= 15 is 0 Å². The molecule has 20 heavy (non-hydrogen) atoms. The van der Waals surface area contributed by atoms with Crippen molar-refractivity contribution < 1.29 is 9.59 Å². The standard InChI is InChI=1S/C15H21N3O2/c1-2-16-10-11-4-3-5-13(8-11)18-15(20)12-6-7-17-14(19)9-12/h3-5,8,12,16H,2,6-7,9-10H2,1H3,(H,17,19)(H,18,20). The Labute approximate surface area is 119 Å². The highest BCUT2D eigenvalue weighted by atomic mass is 16.2. The molecule has 1 atom stereocenters. The van der Waals surface area contributed by atoms with E-state index in [1.807, 2.05) is 24.3 Å². The van der Waals surface area contributed by atoms with E-state index in [2.05, 4.69) is 22.9 Å². The summed E-state index contributed by atoms with van der Waals surface area (Å²) in [5, 5.41) is 8.89. The second-order valence-electron chi connectivity index (χ2n) is 5.01. The quantitative estimate of drug-likeness (QED) is 0.757. The van der Waals surface area contributed by atoms with Gasteiger partial charge in [0.15, 0.2) is 0 Å². The third-order valence-corrected chi connectivity index (χ3v) is 3.39. The fourth-order valence-corrected chi connectivity index (χ4v) is 2.28. The molecule has 0 aromatic heterocycles. The average molecular weight is 275 g/mol. The molecule has 5 nitrogen and oxygen atoms in total. The first-order valence-corrected chi connectivity index (χ1v) is 7.06. The van der Waals surface area contributed by atoms with Crippen LogP contribution in [-0.2, 0) is 16.1 Å². The van der Waals surface area contributed by atoms with Crippen molar-refractivity contribution >= 4 is 17.5 Å². The SMILES string of the molecule is CCNCc1cccc(NC(=O)C2CCNC(=O)C2)c1. The molecule has 1 saturated heterocycles. The zero-order valence-corrected chi connectivity index (χ0v) is 11.7. The molecule has 1 aliphatic rings. The summed E-state index contributed by atoms with van der Waals surface area (Å²) in [5.74, 6) is -0.334. The van der Waals surface area contributed by atoms with Crippen LogP contribution in [0.2, 0.25) is 0 Å². The predicted octanol–water partition coefficient (Wildman–Crippen LogP) is 1.26. The lowest BCUT2D eigenvalue weighted by atomic mass is 9.96. The van der Waals surface area contributed by atoms with Gasteiger partial charge in [-0.15, -0.1) is 0 Å². The zero-order valence-electron chi connectivity index (χ0n) is 11.7. The molecule has 5 heteroatoms. The fourth-order valence-electron chi connectivity index (χ4n) is 2.28. The van der Waals surface area contributed by atoms with E-state index in [4.69, 9.17) is 0 Å². The monoisotopic (exact) mass is 275 g/mol. The van der Waals surface area contributed by atoms with E-state index in [1.165, 1.54) is 0 Å². The Bertz CT molecular complexity index is 488. The Kier molecular flexibility index (Phi) is 5.12. The van der Waals surface area contributed by atoms with Gasteiger partial charge in [0.2, 0.25) is 11.8 Å². The van der Waals surface area contributed by atoms with Gasteiger partial charge in [0, 0.05) is 31.1 Å². The number of amides is 2. The first-order valence-electron chi connectivity index (χ1n) is 7.06. The lowest BCUT2D eigenvalue weighted by molar-refractivity contribution is -0.129. The normalized spacial score (nSPS) is 18.4. The molecule has 0 spiro atoms. The van der Waals surface area contributed by atoms with Crippen molar-refractivity contribution in [2.24, 2.45) is 5.92 Å². The number of hydrogen-bond donors (Lipinski definition) is 3. The van der Waals surface area contributed by atoms with Crippen LogP contribution in [0.3, 0.4) is 0 Å². The smallest absolute Gasteiger partial charge is 0.228 e. The second-order valence-corrected chi connectivity index (χ2v) is 5.01. The number of rotatable bonds is 5. The Morgan fingerprint density at radius 1 is 1.45 bits per heavy atom. The van der Waals surface area contributed by atoms with Gasteiger partial charge in [-0.1, -0.05) is 19.1 Å². The van der Waals surface area contributed by atoms with Gasteiger partial charge in [0.05, 0.1) is 0 Å². The molecule has 1 fully saturated rings. The Morgan fingerprint density at radius 2 is 2.30 bits per heavy atom. The number of benzene rings is 1. The number of hydrogen-bond acceptors (Lipinski definition) is 3. The lowest BCUT2D eigenvalue weighted by Crippen LogP contribution is -2.38. The minimum absolute atomic E-state index is 0.0442. The lowest BCUT2D eigenvalue weighted by Gasteiger charge is -2.21. The average Bonchev–Trinajstić information content (AvgIpc) is 2.45. The topological polar surface area (TPSA) is 70.2 Å². The molecular weight excluding hydrogens is 254 g/mol. The van der Waals surface area contributed by atoms with E-state index in [0.717, 1.165) is 24.3 Å². The highest BCUT2D eigenvalue weighted by molar-refractivity contribution is 5.95. The molecule has 0 radical (unpaired) electrons. The number of carbonyl (C=O) groups excluding carboxylic acids is 2. The van der Waals surface area contributed by atoms with Gasteiger partial charge in [0.1, 0.15) is 0 Å². The van der Waals surface area contributed by atoms with Crippen LogP contribution in [0.25, 0.3) is 0 Å². The molecular formula is C15H21N3O2. The molecule has 0 bridgehead atoms. The summed E-state index contributed by atoms with van der Waals surface area (Å²) in [6, 6.07) is 7.78. The molecule has 0 saturated carbocycles. The molecule has 1 heterocycles. The molecule has 1 aromatic rings. The van der Waals surface area contributed by atoms with Crippen molar-refractivity contribution in [1.29, 1.82) is 0 Å². The van der Waals surface area contributed by atoms with Crippen molar-refractivity contribution in [3.05, 3.63) is 29.8 Å². The van der Waals surface area contributed by atoms with Gasteiger partial charge >= 0.3 is 0 Å². The summed E-state index contributed by atoms with van der Waals surface area (Å²) in [6.07, 6.45) is 0.984. The second kappa shape index (κ2) is 7.05. The third-order valence-electron chi connectivity index (χ3n) is 3.39. The number of carbonyl (C=O) groups is 2. The Balaban J connectivity index is 1.94. The predicted molar refractivity (Wildman–Crippen MR) is 78.2 cm³/mol. The van der Waals surface area contributed by atoms with Crippen LogP contribution in [-0.4, -0.2) is 24.9 Å². The van der Waals surface area contributed by atoms with Crippen LogP contribution in [0.1, 0.15) is 25.3 Å². The summed E-state index contributed by atoms with van der Waals surface area (Å²) in [5.41, 5.74) is 1.92. The summed E-state index contributed by atoms with van der Waals surface area (Å²) >= 11 is 0. The molecule has 1 aromatic carbocycles. The van der Waals surface area contributed by atoms with E-state index in [-0.39, 0.29) is 24.2 Å². The van der Waals surface area contributed by atoms with Gasteiger partial charge < -0.3 is 16.0 Å². The maximum atomic E-state index is 12.1. The van der Waals surface area contributed by atoms with Gasteiger partial charge in [0.25, 0.3) is 0 Å². The minimum atomic E-state index is -0.221. The van der Waals surface area contributed by atoms with E-state index in [0.29, 0.717) is 13.0 Å². The number of nitrogens with one attached hydrogen (secondary N) is 3. The molecule has 1 unspecified atom stereocenters. The summed E-state index contributed by atoms with van der Waals surface area (Å²) in [7, 11) is 0. The fraction of sp³-hybridized carbons (Fsp3) is 0.467. The minimum Gasteiger partial charge on any atom is -0.356 e. The molecule has 0 aliphatic carbocycles. The van der Waals surface area contributed by atoms with Crippen LogP contribution in [0.15, 0.2) is 24.3 Å². The highest BCUT2D eigenvalue weighted by Gasteiger charge is 2.25. The first kappa shape index (κ1) is 14.5. The summed E-state index contributed by atoms with van der Waals surface area (Å²) < 4.78 is 0. The van der Waals surface area contributed by atoms with Crippen LogP contribution in [0.5, 0.6) is 0 Å². The van der Waals surface area contributed by atoms with Gasteiger partial charge in [-0.3, -0.25) is 9.59 Å². The van der Waals surface area contributed by atoms with Crippen LogP contribution in [0, 0.1) is 5.92 Å². The van der Waals surface area contributed by atoms with Crippen molar-refractivity contribution in [1.82, 2.24) is 10.6 Å². The molecule has 108 valence electrons. The third kappa shape index (κ3) is 4.06. The van der Waals surface area contributed by atoms with Crippen molar-refractivity contribution in [2.75, 3.05) is 18.4 Å². The van der Waals surface area contributed by atoms with E-state index < -0.39 is 0 Å². The van der Waals surface area contributed by atoms with Crippen molar-refractivity contribution in [3.63, 3.8) is 0 Å². The highest BCUT2D eigenvalue weighted by Crippen LogP contribution is 2.17. The summed E-state index contributed by atoms with van der Waals surface area (Å²) in [4.78, 5) is 23.4. The van der Waals surface area contributed by atoms with Crippen LogP contribution in [0.4, 0.5) is 5.69 Å². The van der Waals surface area contributed by atoms with Gasteiger partial charge in [-0.05, 0) is 30.7 Å². The maximum Gasteiger partial charge on any atom is 0.228 e. The largest absolute Gasteiger partial charge is 0.356 e. The van der Waals surface area contributed by atoms with Crippen LogP contribution >= 0.6 is 0 Å². The maximum absolute atomic E-state index is 12.1. The molecule has 2 rings (SSSR count). The molecule has 1 aliphatic heterocycles. The molecule has 2 amide bonds. The molecule has 3 N–H and O–H groups in total. The van der Waals surface area contributed by atoms with E-state index in [1.54, 1.807) is 0 Å². The van der Waals surface area contributed by atoms with E-state index in [9.17, 15) is 9.59 Å². The van der Waals surface area contributed by atoms with Gasteiger partial charge in [-0.2, -0.15) is 0 Å². The Hall–Kier alpha value is -1.88. The first-order chi connectivity index (χ1) is 9.69.